The van der Waals surface area contributed by atoms with Crippen LogP contribution in [0.5, 0.6) is 0 Å². The normalized spacial score (nSPS) is 9.97. The molecule has 1 N–H and O–H groups in total. The van der Waals surface area contributed by atoms with Gasteiger partial charge in [0, 0.05) is 16.9 Å². The molecule has 2 rings (SSSR count). The Bertz CT molecular complexity index is 837. The van der Waals surface area contributed by atoms with E-state index < -0.39 is 11.9 Å². The number of nitrogens with one attached hydrogen (secondary N) is 1. The first-order valence-corrected chi connectivity index (χ1v) is 9.09. The number of anilines is 2. The first-order chi connectivity index (χ1) is 14.0. The number of hydrogen-bond acceptors (Lipinski definition) is 6. The van der Waals surface area contributed by atoms with Gasteiger partial charge in [-0.1, -0.05) is 43.0 Å². The van der Waals surface area contributed by atoms with Crippen LogP contribution in [0.15, 0.2) is 72.8 Å². The van der Waals surface area contributed by atoms with Gasteiger partial charge >= 0.3 is 11.9 Å². The summed E-state index contributed by atoms with van der Waals surface area (Å²) >= 11 is 0. The molecular formula is C22H24N2O5. The summed E-state index contributed by atoms with van der Waals surface area (Å²) in [6.45, 7) is 4.72. The van der Waals surface area contributed by atoms with Crippen molar-refractivity contribution in [2.75, 3.05) is 36.5 Å². The zero-order valence-corrected chi connectivity index (χ0v) is 16.3. The Morgan fingerprint density at radius 2 is 1.48 bits per heavy atom. The summed E-state index contributed by atoms with van der Waals surface area (Å²) < 4.78 is 9.99. The predicted molar refractivity (Wildman–Crippen MR) is 110 cm³/mol. The third-order valence-electron chi connectivity index (χ3n) is 3.76. The summed E-state index contributed by atoms with van der Waals surface area (Å²) in [6.07, 6.45) is 0. The molecule has 1 amide bonds. The van der Waals surface area contributed by atoms with Crippen molar-refractivity contribution in [2.24, 2.45) is 0 Å². The van der Waals surface area contributed by atoms with Crippen LogP contribution >= 0.6 is 0 Å². The minimum Gasteiger partial charge on any atom is -0.461 e. The van der Waals surface area contributed by atoms with E-state index in [-0.39, 0.29) is 37.8 Å². The number of carbonyl (C=O) groups excluding carboxylic acids is 3. The van der Waals surface area contributed by atoms with E-state index in [4.69, 9.17) is 9.47 Å². The van der Waals surface area contributed by atoms with Crippen molar-refractivity contribution >= 4 is 29.2 Å². The molecule has 0 heterocycles. The highest BCUT2D eigenvalue weighted by molar-refractivity contribution is 5.95. The number of esters is 2. The molecule has 152 valence electrons. The molecule has 7 heteroatoms. The van der Waals surface area contributed by atoms with Crippen molar-refractivity contribution in [1.29, 1.82) is 0 Å². The van der Waals surface area contributed by atoms with Crippen molar-refractivity contribution in [2.45, 2.75) is 6.92 Å². The van der Waals surface area contributed by atoms with Crippen LogP contribution in [-0.2, 0) is 23.9 Å². The zero-order valence-electron chi connectivity index (χ0n) is 16.3. The van der Waals surface area contributed by atoms with E-state index in [1.165, 1.54) is 6.92 Å². The predicted octanol–water partition coefficient (Wildman–Crippen LogP) is 2.79. The van der Waals surface area contributed by atoms with E-state index in [1.807, 2.05) is 36.4 Å². The van der Waals surface area contributed by atoms with Crippen molar-refractivity contribution in [3.8, 4) is 0 Å². The van der Waals surface area contributed by atoms with Gasteiger partial charge in [-0.05, 0) is 31.2 Å². The molecule has 0 saturated heterocycles. The summed E-state index contributed by atoms with van der Waals surface area (Å²) in [5.41, 5.74) is 1.66. The molecule has 0 aromatic heterocycles. The number of amides is 1. The Hall–Kier alpha value is -3.61. The lowest BCUT2D eigenvalue weighted by Crippen LogP contribution is -2.38. The van der Waals surface area contributed by atoms with E-state index in [0.29, 0.717) is 11.4 Å². The Kier molecular flexibility index (Phi) is 8.44. The SMILES string of the molecule is C=C(C)C(=O)OCCOC(=O)CN(CC(=O)Nc1ccccc1)c1ccccc1. The molecule has 0 bridgehead atoms. The van der Waals surface area contributed by atoms with Crippen LogP contribution in [0.25, 0.3) is 0 Å². The van der Waals surface area contributed by atoms with Crippen molar-refractivity contribution in [3.05, 3.63) is 72.8 Å². The van der Waals surface area contributed by atoms with Crippen LogP contribution in [0.1, 0.15) is 6.92 Å². The lowest BCUT2D eigenvalue weighted by Gasteiger charge is -2.23. The van der Waals surface area contributed by atoms with Gasteiger partial charge in [0.25, 0.3) is 0 Å². The van der Waals surface area contributed by atoms with Crippen molar-refractivity contribution in [3.63, 3.8) is 0 Å². The Balaban J connectivity index is 1.90. The maximum atomic E-state index is 12.4. The fourth-order valence-electron chi connectivity index (χ4n) is 2.39. The molecule has 0 unspecified atom stereocenters. The molecule has 0 spiro atoms. The molecule has 7 nitrogen and oxygen atoms in total. The van der Waals surface area contributed by atoms with Crippen LogP contribution in [0.3, 0.4) is 0 Å². The topological polar surface area (TPSA) is 84.9 Å². The number of rotatable bonds is 10. The van der Waals surface area contributed by atoms with Crippen LogP contribution in [0.4, 0.5) is 11.4 Å². The van der Waals surface area contributed by atoms with Gasteiger partial charge in [-0.25, -0.2) is 4.79 Å². The molecule has 0 fully saturated rings. The Morgan fingerprint density at radius 1 is 0.897 bits per heavy atom. The van der Waals surface area contributed by atoms with Crippen molar-refractivity contribution in [1.82, 2.24) is 0 Å². The maximum Gasteiger partial charge on any atom is 0.333 e. The number of hydrogen-bond donors (Lipinski definition) is 1. The number of carbonyl (C=O) groups is 3. The van der Waals surface area contributed by atoms with Crippen LogP contribution in [0.2, 0.25) is 0 Å². The van der Waals surface area contributed by atoms with Gasteiger partial charge < -0.3 is 19.7 Å². The number of ether oxygens (including phenoxy) is 2. The van der Waals surface area contributed by atoms with Gasteiger partial charge in [0.1, 0.15) is 19.8 Å². The summed E-state index contributed by atoms with van der Waals surface area (Å²) in [6, 6.07) is 18.2. The molecule has 0 saturated carbocycles. The van der Waals surface area contributed by atoms with Gasteiger partial charge in [-0.2, -0.15) is 0 Å². The Labute approximate surface area is 169 Å². The molecule has 0 aliphatic rings. The quantitative estimate of drug-likeness (QED) is 0.378. The summed E-state index contributed by atoms with van der Waals surface area (Å²) in [5.74, 6) is -1.33. The lowest BCUT2D eigenvalue weighted by molar-refractivity contribution is -0.149. The smallest absolute Gasteiger partial charge is 0.333 e. The second-order valence-corrected chi connectivity index (χ2v) is 6.24. The summed E-state index contributed by atoms with van der Waals surface area (Å²) in [4.78, 5) is 37.5. The first-order valence-electron chi connectivity index (χ1n) is 9.09. The number of nitrogens with zero attached hydrogens (tertiary/aromatic N) is 1. The number of para-hydroxylation sites is 2. The van der Waals surface area contributed by atoms with Gasteiger partial charge in [0.15, 0.2) is 0 Å². The first kappa shape index (κ1) is 21.7. The summed E-state index contributed by atoms with van der Waals surface area (Å²) in [7, 11) is 0. The van der Waals surface area contributed by atoms with E-state index in [0.717, 1.165) is 0 Å². The number of benzene rings is 2. The Morgan fingerprint density at radius 3 is 2.10 bits per heavy atom. The maximum absolute atomic E-state index is 12.4. The molecule has 0 atom stereocenters. The average Bonchev–Trinajstić information content (AvgIpc) is 2.71. The highest BCUT2D eigenvalue weighted by Gasteiger charge is 2.16. The molecule has 0 aliphatic carbocycles. The van der Waals surface area contributed by atoms with Gasteiger partial charge in [-0.15, -0.1) is 0 Å². The van der Waals surface area contributed by atoms with Crippen LogP contribution in [0, 0.1) is 0 Å². The highest BCUT2D eigenvalue weighted by Crippen LogP contribution is 2.14. The third kappa shape index (κ3) is 7.88. The molecular weight excluding hydrogens is 372 g/mol. The van der Waals surface area contributed by atoms with E-state index in [2.05, 4.69) is 11.9 Å². The minimum atomic E-state index is -0.537. The average molecular weight is 396 g/mol. The fraction of sp³-hybridized carbons (Fsp3) is 0.227. The third-order valence-corrected chi connectivity index (χ3v) is 3.76. The molecule has 0 radical (unpaired) electrons. The molecule has 2 aromatic rings. The lowest BCUT2D eigenvalue weighted by atomic mass is 10.2. The van der Waals surface area contributed by atoms with Gasteiger partial charge in [0.05, 0.1) is 6.54 Å². The van der Waals surface area contributed by atoms with Gasteiger partial charge in [-0.3, -0.25) is 9.59 Å². The van der Waals surface area contributed by atoms with Crippen LogP contribution < -0.4 is 10.2 Å². The second kappa shape index (κ2) is 11.3. The van der Waals surface area contributed by atoms with Crippen molar-refractivity contribution < 1.29 is 23.9 Å². The minimum absolute atomic E-state index is 0.0291. The molecule has 2 aromatic carbocycles. The standard InChI is InChI=1S/C22H24N2O5/c1-17(2)22(27)29-14-13-28-21(26)16-24(19-11-7-4-8-12-19)15-20(25)23-18-9-5-3-6-10-18/h3-12H,1,13-16H2,2H3,(H,23,25). The largest absolute Gasteiger partial charge is 0.461 e. The molecule has 29 heavy (non-hydrogen) atoms. The monoisotopic (exact) mass is 396 g/mol. The van der Waals surface area contributed by atoms with E-state index >= 15 is 0 Å². The second-order valence-electron chi connectivity index (χ2n) is 6.24. The van der Waals surface area contributed by atoms with E-state index in [1.54, 1.807) is 29.2 Å². The van der Waals surface area contributed by atoms with Gasteiger partial charge in [0.2, 0.25) is 5.91 Å². The molecule has 0 aliphatic heterocycles. The zero-order chi connectivity index (χ0) is 21.1. The summed E-state index contributed by atoms with van der Waals surface area (Å²) in [5, 5.41) is 2.79. The highest BCUT2D eigenvalue weighted by atomic mass is 16.6. The van der Waals surface area contributed by atoms with E-state index in [9.17, 15) is 14.4 Å². The fourth-order valence-corrected chi connectivity index (χ4v) is 2.39. The van der Waals surface area contributed by atoms with Crippen LogP contribution in [-0.4, -0.2) is 44.1 Å².